The van der Waals surface area contributed by atoms with Gasteiger partial charge >= 0.3 is 0 Å². The predicted octanol–water partition coefficient (Wildman–Crippen LogP) is 1.61. The molecule has 3 aromatic rings. The first-order valence-electron chi connectivity index (χ1n) is 19.1. The zero-order valence-corrected chi connectivity index (χ0v) is 29.7. The van der Waals surface area contributed by atoms with Gasteiger partial charge in [-0.25, -0.2) is 0 Å². The molecule has 7 aliphatic rings. The minimum Gasteiger partial charge on any atom is -0.507 e. The van der Waals surface area contributed by atoms with Gasteiger partial charge in [0.05, 0.1) is 30.1 Å². The molecule has 14 nitrogen and oxygen atoms in total. The van der Waals surface area contributed by atoms with Crippen LogP contribution in [0, 0.1) is 17.8 Å². The minimum atomic E-state index is -0.602. The molecule has 1 aliphatic carbocycles. The highest BCUT2D eigenvalue weighted by molar-refractivity contribution is 6.05. The van der Waals surface area contributed by atoms with Crippen molar-refractivity contribution >= 4 is 34.9 Å². The second kappa shape index (κ2) is 13.0. The van der Waals surface area contributed by atoms with Crippen LogP contribution in [0.3, 0.4) is 0 Å². The third kappa shape index (κ3) is 5.96. The smallest absolute Gasteiger partial charge is 0.255 e. The molecular weight excluding hydrogens is 674 g/mol. The number of piperazine rings is 1. The van der Waals surface area contributed by atoms with Crippen LogP contribution < -0.4 is 20.4 Å². The highest BCUT2D eigenvalue weighted by Gasteiger charge is 2.56. The first-order chi connectivity index (χ1) is 25.9. The molecule has 2 aromatic carbocycles. The lowest BCUT2D eigenvalue weighted by atomic mass is 10.0. The summed E-state index contributed by atoms with van der Waals surface area (Å²) in [7, 11) is 0. The van der Waals surface area contributed by atoms with E-state index in [9.17, 15) is 19.5 Å². The van der Waals surface area contributed by atoms with E-state index in [4.69, 9.17) is 4.74 Å². The van der Waals surface area contributed by atoms with Gasteiger partial charge in [0.2, 0.25) is 11.8 Å². The summed E-state index contributed by atoms with van der Waals surface area (Å²) in [5.74, 6) is 2.52. The maximum atomic E-state index is 13.2. The zero-order valence-electron chi connectivity index (χ0n) is 29.7. The Labute approximate surface area is 308 Å². The number of benzene rings is 2. The number of anilines is 3. The van der Waals surface area contributed by atoms with Gasteiger partial charge in [-0.1, -0.05) is 12.1 Å². The summed E-state index contributed by atoms with van der Waals surface area (Å²) in [6.07, 6.45) is 0.746. The van der Waals surface area contributed by atoms with Gasteiger partial charge in [-0.2, -0.15) is 0 Å². The lowest BCUT2D eigenvalue weighted by Gasteiger charge is -2.46. The summed E-state index contributed by atoms with van der Waals surface area (Å²) < 4.78 is 6.27. The molecule has 3 amide bonds. The Morgan fingerprint density at radius 3 is 2.58 bits per heavy atom. The molecule has 0 spiro atoms. The van der Waals surface area contributed by atoms with Crippen LogP contribution in [0.1, 0.15) is 28.8 Å². The number of fused-ring (bicyclic) bond motifs is 5. The first kappa shape index (κ1) is 32.8. The molecule has 53 heavy (non-hydrogen) atoms. The summed E-state index contributed by atoms with van der Waals surface area (Å²) >= 11 is 0. The molecule has 6 aliphatic heterocycles. The molecule has 4 saturated heterocycles. The third-order valence-electron chi connectivity index (χ3n) is 12.7. The van der Waals surface area contributed by atoms with E-state index in [0.717, 1.165) is 106 Å². The van der Waals surface area contributed by atoms with Gasteiger partial charge in [0.25, 0.3) is 5.91 Å². The van der Waals surface area contributed by atoms with E-state index in [1.807, 2.05) is 30.3 Å². The molecule has 14 heteroatoms. The van der Waals surface area contributed by atoms with Gasteiger partial charge < -0.3 is 34.8 Å². The molecule has 1 saturated carbocycles. The number of carbonyl (C=O) groups excluding carboxylic acids is 3. The second-order valence-electron chi connectivity index (χ2n) is 15.9. The van der Waals surface area contributed by atoms with E-state index in [2.05, 4.69) is 52.6 Å². The number of hydrogen-bond acceptors (Lipinski definition) is 12. The maximum absolute atomic E-state index is 13.2. The summed E-state index contributed by atoms with van der Waals surface area (Å²) in [6, 6.07) is 15.1. The monoisotopic (exact) mass is 719 g/mol. The molecule has 10 rings (SSSR count). The highest BCUT2D eigenvalue weighted by Crippen LogP contribution is 2.52. The quantitative estimate of drug-likeness (QED) is 0.305. The van der Waals surface area contributed by atoms with Crippen LogP contribution in [-0.2, 0) is 20.9 Å². The standard InChI is InChI=1S/C39H45N9O5/c49-35-4-2-1-3-28(35)32-14-34-37(43-42-32)40-15-25-17-44(9-10-47(25)34)20-29-30-21-45(22-31(29)30)18-26-19-46(11-12-53-26)24-5-6-27-23(13-24)16-48(39(27)52)33-7-8-36(50)41-38(33)51/h1-6,13-14,25-26,29-31,33,49H,7-12,15-22H2,(H,40,43)(H,41,50,51)/t25-,26+,29?,30-,31+,33?/m0/s1. The van der Waals surface area contributed by atoms with Crippen LogP contribution in [0.2, 0.25) is 0 Å². The number of aromatic nitrogens is 2. The lowest BCUT2D eigenvalue weighted by molar-refractivity contribution is -0.136. The van der Waals surface area contributed by atoms with Gasteiger partial charge in [-0.05, 0) is 66.1 Å². The minimum absolute atomic E-state index is 0.125. The molecule has 0 bridgehead atoms. The molecule has 6 atom stereocenters. The molecule has 1 aromatic heterocycles. The number of carbonyl (C=O) groups is 3. The maximum Gasteiger partial charge on any atom is 0.255 e. The molecular formula is C39H45N9O5. The molecule has 276 valence electrons. The number of ether oxygens (including phenoxy) is 1. The Morgan fingerprint density at radius 1 is 0.868 bits per heavy atom. The number of phenolic OH excluding ortho intramolecular Hbond substituents is 1. The highest BCUT2D eigenvalue weighted by atomic mass is 16.5. The van der Waals surface area contributed by atoms with Crippen LogP contribution in [0.4, 0.5) is 17.2 Å². The Kier molecular flexibility index (Phi) is 8.03. The van der Waals surface area contributed by atoms with Crippen molar-refractivity contribution in [2.24, 2.45) is 17.8 Å². The predicted molar refractivity (Wildman–Crippen MR) is 197 cm³/mol. The Balaban J connectivity index is 0.708. The number of nitrogens with one attached hydrogen (secondary N) is 2. The third-order valence-corrected chi connectivity index (χ3v) is 12.7. The average molecular weight is 720 g/mol. The van der Waals surface area contributed by atoms with E-state index in [-0.39, 0.29) is 36.0 Å². The normalized spacial score (nSPS) is 29.7. The van der Waals surface area contributed by atoms with Crippen LogP contribution in [0.15, 0.2) is 48.5 Å². The number of rotatable bonds is 7. The number of imide groups is 1. The molecule has 2 unspecified atom stereocenters. The van der Waals surface area contributed by atoms with Crippen molar-refractivity contribution in [2.75, 3.05) is 87.2 Å². The molecule has 3 N–H and O–H groups in total. The van der Waals surface area contributed by atoms with Gasteiger partial charge in [-0.15, -0.1) is 10.2 Å². The van der Waals surface area contributed by atoms with E-state index in [0.29, 0.717) is 42.4 Å². The Bertz CT molecular complexity index is 1960. The largest absolute Gasteiger partial charge is 0.507 e. The summed E-state index contributed by atoms with van der Waals surface area (Å²) in [6.45, 7) is 10.9. The topological polar surface area (TPSA) is 147 Å². The lowest BCUT2D eigenvalue weighted by Crippen LogP contribution is -2.58. The fraction of sp³-hybridized carbons (Fsp3) is 0.513. The van der Waals surface area contributed by atoms with Crippen LogP contribution >= 0.6 is 0 Å². The summed E-state index contributed by atoms with van der Waals surface area (Å²) in [5, 5.41) is 25.1. The van der Waals surface area contributed by atoms with Crippen molar-refractivity contribution < 1.29 is 24.2 Å². The fourth-order valence-electron chi connectivity index (χ4n) is 9.90. The number of para-hydroxylation sites is 1. The summed E-state index contributed by atoms with van der Waals surface area (Å²) in [4.78, 5) is 49.0. The van der Waals surface area contributed by atoms with E-state index >= 15 is 0 Å². The van der Waals surface area contributed by atoms with Crippen molar-refractivity contribution in [3.05, 3.63) is 59.7 Å². The van der Waals surface area contributed by atoms with Gasteiger partial charge in [0.15, 0.2) is 5.82 Å². The van der Waals surface area contributed by atoms with Crippen molar-refractivity contribution in [3.63, 3.8) is 0 Å². The van der Waals surface area contributed by atoms with Crippen molar-refractivity contribution in [2.45, 2.75) is 37.6 Å². The number of phenols is 1. The molecule has 7 heterocycles. The zero-order chi connectivity index (χ0) is 35.8. The van der Waals surface area contributed by atoms with Gasteiger partial charge in [0.1, 0.15) is 11.8 Å². The number of nitrogens with zero attached hydrogens (tertiary/aromatic N) is 7. The van der Waals surface area contributed by atoms with Crippen molar-refractivity contribution in [3.8, 4) is 17.0 Å². The van der Waals surface area contributed by atoms with Crippen molar-refractivity contribution in [1.29, 1.82) is 0 Å². The first-order valence-corrected chi connectivity index (χ1v) is 19.1. The van der Waals surface area contributed by atoms with Crippen LogP contribution in [-0.4, -0.2) is 138 Å². The van der Waals surface area contributed by atoms with Crippen LogP contribution in [0.25, 0.3) is 11.3 Å². The second-order valence-corrected chi connectivity index (χ2v) is 15.9. The SMILES string of the molecule is O=C1CCC(N2Cc3cc(N4CCO[C@H](CN5C[C@@H]6C(CN7CCN8c9cc(-c%10ccccc%10O)nnc9NC[C@H]8C7)[C@@H]6C5)C4)ccc3C2=O)C(=O)N1. The van der Waals surface area contributed by atoms with E-state index < -0.39 is 6.04 Å². The number of amides is 3. The van der Waals surface area contributed by atoms with Gasteiger partial charge in [0, 0.05) is 95.2 Å². The number of morpholine rings is 1. The molecule has 0 radical (unpaired) electrons. The van der Waals surface area contributed by atoms with Crippen LogP contribution in [0.5, 0.6) is 5.75 Å². The van der Waals surface area contributed by atoms with E-state index in [1.165, 1.54) is 0 Å². The fourth-order valence-corrected chi connectivity index (χ4v) is 9.90. The Morgan fingerprint density at radius 2 is 1.74 bits per heavy atom. The van der Waals surface area contributed by atoms with Gasteiger partial charge in [-0.3, -0.25) is 24.6 Å². The Hall–Kier alpha value is -4.79. The van der Waals surface area contributed by atoms with Crippen molar-refractivity contribution in [1.82, 2.24) is 30.2 Å². The number of piperidine rings is 2. The van der Waals surface area contributed by atoms with E-state index in [1.54, 1.807) is 11.0 Å². The summed E-state index contributed by atoms with van der Waals surface area (Å²) in [5.41, 5.74) is 5.12. The number of aromatic hydroxyl groups is 1. The average Bonchev–Trinajstić information content (AvgIpc) is 3.44. The number of hydrogen-bond donors (Lipinski definition) is 3. The number of likely N-dealkylation sites (tertiary alicyclic amines) is 1. The molecule has 5 fully saturated rings.